The number of furan rings is 1. The van der Waals surface area contributed by atoms with E-state index >= 15 is 0 Å². The minimum atomic E-state index is -0.190. The molecule has 3 heterocycles. The second-order valence-corrected chi connectivity index (χ2v) is 11.7. The molecule has 0 aliphatic heterocycles. The van der Waals surface area contributed by atoms with Crippen molar-refractivity contribution in [3.05, 3.63) is 65.0 Å². The van der Waals surface area contributed by atoms with Crippen molar-refractivity contribution in [3.8, 4) is 11.3 Å². The van der Waals surface area contributed by atoms with E-state index in [4.69, 9.17) is 9.40 Å². The van der Waals surface area contributed by atoms with Crippen molar-refractivity contribution >= 4 is 42.5 Å². The van der Waals surface area contributed by atoms with Gasteiger partial charge < -0.3 is 4.42 Å². The fraction of sp³-hybridized carbons (Fsp3) is 0.321. The van der Waals surface area contributed by atoms with Crippen molar-refractivity contribution in [2.75, 3.05) is 0 Å². The largest absolute Gasteiger partial charge is 0.450 e. The molecule has 31 heavy (non-hydrogen) atoms. The zero-order chi connectivity index (χ0) is 21.7. The third kappa shape index (κ3) is 2.53. The predicted octanol–water partition coefficient (Wildman–Crippen LogP) is 8.40. The smallest absolute Gasteiger partial charge is 0.189 e. The standard InChI is InChI=1S/C28H27NOS/c1-15-17-10-8-7-9-16(17)13-18-23(15)28(5,6)24-19(14-27(2,3)4)30-26-22(24)21-20(31-26)11-12-29-25(18)21/h7-13H,14H2,1-6H3. The normalized spacial score (nSPS) is 15.2. The Kier molecular flexibility index (Phi) is 3.68. The molecule has 0 fully saturated rings. The van der Waals surface area contributed by atoms with Gasteiger partial charge in [-0.15, -0.1) is 0 Å². The van der Waals surface area contributed by atoms with Gasteiger partial charge in [0.2, 0.25) is 0 Å². The Balaban J connectivity index is 1.85. The summed E-state index contributed by atoms with van der Waals surface area (Å²) in [5.41, 5.74) is 6.41. The molecule has 1 aliphatic rings. The molecule has 0 spiro atoms. The summed E-state index contributed by atoms with van der Waals surface area (Å²) in [7, 11) is 0. The summed E-state index contributed by atoms with van der Waals surface area (Å²) in [6.07, 6.45) is 2.88. The molecule has 6 rings (SSSR count). The lowest BCUT2D eigenvalue weighted by Gasteiger charge is -2.31. The summed E-state index contributed by atoms with van der Waals surface area (Å²) >= 11 is 1.76. The predicted molar refractivity (Wildman–Crippen MR) is 132 cm³/mol. The number of fused-ring (bicyclic) bond motifs is 3. The van der Waals surface area contributed by atoms with Gasteiger partial charge in [0.25, 0.3) is 0 Å². The van der Waals surface area contributed by atoms with Gasteiger partial charge in [0.05, 0.1) is 5.69 Å². The molecular formula is C28H27NOS. The second-order valence-electron chi connectivity index (χ2n) is 10.7. The van der Waals surface area contributed by atoms with E-state index in [2.05, 4.69) is 77.9 Å². The minimum Gasteiger partial charge on any atom is -0.450 e. The summed E-state index contributed by atoms with van der Waals surface area (Å²) in [6.45, 7) is 13.9. The Bertz CT molecular complexity index is 1520. The van der Waals surface area contributed by atoms with Gasteiger partial charge in [-0.2, -0.15) is 0 Å². The first-order chi connectivity index (χ1) is 14.7. The van der Waals surface area contributed by atoms with Crippen molar-refractivity contribution < 1.29 is 4.42 Å². The van der Waals surface area contributed by atoms with Crippen LogP contribution in [0.1, 0.15) is 57.1 Å². The fourth-order valence-electron chi connectivity index (χ4n) is 5.74. The molecule has 2 nitrogen and oxygen atoms in total. The molecule has 0 amide bonds. The van der Waals surface area contributed by atoms with E-state index < -0.39 is 0 Å². The maximum atomic E-state index is 6.61. The Morgan fingerprint density at radius 1 is 1.03 bits per heavy atom. The number of hydrogen-bond donors (Lipinski definition) is 0. The molecule has 156 valence electrons. The molecule has 1 aliphatic carbocycles. The Labute approximate surface area is 186 Å². The molecule has 5 aromatic rings. The molecular weight excluding hydrogens is 398 g/mol. The molecule has 0 radical (unpaired) electrons. The van der Waals surface area contributed by atoms with E-state index in [0.717, 1.165) is 22.8 Å². The summed E-state index contributed by atoms with van der Waals surface area (Å²) in [5.74, 6) is 1.14. The Hall–Kier alpha value is -2.65. The number of rotatable bonds is 1. The first kappa shape index (κ1) is 19.1. The van der Waals surface area contributed by atoms with E-state index in [0.29, 0.717) is 0 Å². The van der Waals surface area contributed by atoms with Gasteiger partial charge in [0.15, 0.2) is 4.90 Å². The van der Waals surface area contributed by atoms with Crippen LogP contribution in [0.15, 0.2) is 47.0 Å². The highest BCUT2D eigenvalue weighted by Crippen LogP contribution is 2.55. The van der Waals surface area contributed by atoms with Gasteiger partial charge >= 0.3 is 0 Å². The lowest BCUT2D eigenvalue weighted by molar-refractivity contribution is 0.365. The SMILES string of the molecule is Cc1c2c(cc3ccccc13)-c1nccc3sc4oc(CC(C)(C)C)c(c4c13)C2(C)C. The quantitative estimate of drug-likeness (QED) is 0.269. The molecule has 3 heteroatoms. The topological polar surface area (TPSA) is 26.0 Å². The third-order valence-corrected chi connectivity index (χ3v) is 7.85. The highest BCUT2D eigenvalue weighted by Gasteiger charge is 2.40. The molecule has 0 atom stereocenters. The van der Waals surface area contributed by atoms with Crippen LogP contribution in [-0.4, -0.2) is 4.98 Å². The highest BCUT2D eigenvalue weighted by molar-refractivity contribution is 7.25. The van der Waals surface area contributed by atoms with Crippen molar-refractivity contribution in [2.24, 2.45) is 5.41 Å². The van der Waals surface area contributed by atoms with E-state index in [-0.39, 0.29) is 10.8 Å². The zero-order valence-electron chi connectivity index (χ0n) is 19.0. The van der Waals surface area contributed by atoms with E-state index in [9.17, 15) is 0 Å². The van der Waals surface area contributed by atoms with Gasteiger partial charge in [0, 0.05) is 44.6 Å². The number of thiophene rings is 1. The Morgan fingerprint density at radius 3 is 2.58 bits per heavy atom. The van der Waals surface area contributed by atoms with E-state index in [1.807, 2.05) is 6.20 Å². The molecule has 0 bridgehead atoms. The summed E-state index contributed by atoms with van der Waals surface area (Å²) in [5, 5.41) is 5.15. The number of pyridine rings is 1. The van der Waals surface area contributed by atoms with Gasteiger partial charge in [-0.3, -0.25) is 4.98 Å². The minimum absolute atomic E-state index is 0.150. The van der Waals surface area contributed by atoms with Crippen LogP contribution < -0.4 is 0 Å². The monoisotopic (exact) mass is 425 g/mol. The molecule has 3 aromatic heterocycles. The Morgan fingerprint density at radius 2 is 1.81 bits per heavy atom. The number of benzene rings is 2. The molecule has 0 saturated heterocycles. The summed E-state index contributed by atoms with van der Waals surface area (Å²) in [4.78, 5) is 6.00. The van der Waals surface area contributed by atoms with Crippen molar-refractivity contribution in [2.45, 2.75) is 53.4 Å². The van der Waals surface area contributed by atoms with Crippen molar-refractivity contribution in [3.63, 3.8) is 0 Å². The van der Waals surface area contributed by atoms with Crippen molar-refractivity contribution in [1.82, 2.24) is 4.98 Å². The second kappa shape index (κ2) is 5.98. The summed E-state index contributed by atoms with van der Waals surface area (Å²) < 4.78 is 7.87. The maximum absolute atomic E-state index is 6.61. The average molecular weight is 426 g/mol. The van der Waals surface area contributed by atoms with Crippen LogP contribution in [0.4, 0.5) is 0 Å². The van der Waals surface area contributed by atoms with Crippen LogP contribution in [-0.2, 0) is 11.8 Å². The number of hydrogen-bond acceptors (Lipinski definition) is 3. The van der Waals surface area contributed by atoms with E-state index in [1.165, 1.54) is 48.5 Å². The lowest BCUT2D eigenvalue weighted by Crippen LogP contribution is -2.23. The number of aryl methyl sites for hydroxylation is 1. The van der Waals surface area contributed by atoms with Gasteiger partial charge in [-0.1, -0.05) is 70.2 Å². The average Bonchev–Trinajstić information content (AvgIpc) is 3.18. The molecule has 0 unspecified atom stereocenters. The third-order valence-electron chi connectivity index (χ3n) is 6.82. The van der Waals surface area contributed by atoms with Gasteiger partial charge in [0.1, 0.15) is 5.76 Å². The van der Waals surface area contributed by atoms with Crippen LogP contribution in [0.3, 0.4) is 0 Å². The highest BCUT2D eigenvalue weighted by atomic mass is 32.1. The van der Waals surface area contributed by atoms with Crippen LogP contribution in [0.5, 0.6) is 0 Å². The van der Waals surface area contributed by atoms with Crippen molar-refractivity contribution in [1.29, 1.82) is 0 Å². The first-order valence-corrected chi connectivity index (χ1v) is 11.8. The van der Waals surface area contributed by atoms with Crippen LogP contribution in [0.2, 0.25) is 0 Å². The van der Waals surface area contributed by atoms with E-state index in [1.54, 1.807) is 11.3 Å². The summed E-state index contributed by atoms with van der Waals surface area (Å²) in [6, 6.07) is 13.2. The number of nitrogens with zero attached hydrogens (tertiary/aromatic N) is 1. The van der Waals surface area contributed by atoms with Crippen LogP contribution in [0.25, 0.3) is 42.4 Å². The molecule has 0 N–H and O–H groups in total. The van der Waals surface area contributed by atoms with Gasteiger partial charge in [-0.25, -0.2) is 0 Å². The molecule has 0 saturated carbocycles. The van der Waals surface area contributed by atoms with Crippen LogP contribution in [0, 0.1) is 12.3 Å². The molecule has 2 aromatic carbocycles. The number of aromatic nitrogens is 1. The fourth-order valence-corrected chi connectivity index (χ4v) is 6.82. The van der Waals surface area contributed by atoms with Gasteiger partial charge in [-0.05, 0) is 46.4 Å². The lowest BCUT2D eigenvalue weighted by atomic mass is 9.72. The van der Waals surface area contributed by atoms with Crippen LogP contribution >= 0.6 is 11.3 Å². The first-order valence-electron chi connectivity index (χ1n) is 11.0. The zero-order valence-corrected chi connectivity index (χ0v) is 19.8. The maximum Gasteiger partial charge on any atom is 0.189 e.